The number of nitrogens with one attached hydrogen (secondary N) is 1. The molecule has 0 aliphatic heterocycles. The number of benzene rings is 1. The molecule has 6 aliphatic carbocycles. The van der Waals surface area contributed by atoms with Crippen molar-refractivity contribution in [3.8, 4) is 0 Å². The summed E-state index contributed by atoms with van der Waals surface area (Å²) in [5, 5.41) is 12.9. The average Bonchev–Trinajstić information content (AvgIpc) is 3.69. The average molecular weight is 699 g/mol. The lowest BCUT2D eigenvalue weighted by Crippen LogP contribution is -2.70. The van der Waals surface area contributed by atoms with Crippen molar-refractivity contribution in [2.45, 2.75) is 150 Å². The molecule has 280 valence electrons. The van der Waals surface area contributed by atoms with E-state index < -0.39 is 11.6 Å². The van der Waals surface area contributed by atoms with E-state index in [1.54, 1.807) is 12.1 Å². The molecule has 7 rings (SSSR count). The van der Waals surface area contributed by atoms with Crippen molar-refractivity contribution in [1.29, 1.82) is 0 Å². The third-order valence-corrected chi connectivity index (χ3v) is 16.8. The Balaban J connectivity index is 1.20. The highest BCUT2D eigenvalue weighted by atomic mass is 16.6. The summed E-state index contributed by atoms with van der Waals surface area (Å²) in [5.41, 5.74) is 4.13. The van der Waals surface area contributed by atoms with Gasteiger partial charge in [-0.2, -0.15) is 0 Å². The van der Waals surface area contributed by atoms with Crippen LogP contribution in [0.4, 0.5) is 4.79 Å². The maximum Gasteiger partial charge on any atom is 0.409 e. The maximum absolute atomic E-state index is 13.2. The standard InChI is InChI=1S/C45H66N2O4/c1-28(2)31-18-23-44(47(11)45(26-27-45)46-38(50)51-39(3,4)5)25-24-42(9)33(36(31)44)16-17-35-41(8)21-19-32(29-12-14-30(15-13-29)37(48)49)40(6,7)34(41)20-22-43(35,42)10/h12-15,19,31,33-36H,1,16-18,20-27H2,2-11H3,(H,46,50)(H,48,49)/t31-,33+,34-,35+,36+,41-,42+,43+,44-/m0/s1. The van der Waals surface area contributed by atoms with Crippen molar-refractivity contribution in [3.63, 3.8) is 0 Å². The number of aromatic carboxylic acids is 1. The first-order chi connectivity index (χ1) is 23.7. The second-order valence-corrected chi connectivity index (χ2v) is 20.4. The molecule has 6 aliphatic rings. The van der Waals surface area contributed by atoms with Crippen LogP contribution in [0.2, 0.25) is 0 Å². The first kappa shape index (κ1) is 36.7. The number of alkyl carbamates (subject to hydrolysis) is 1. The van der Waals surface area contributed by atoms with E-state index in [1.165, 1.54) is 68.1 Å². The van der Waals surface area contributed by atoms with Crippen molar-refractivity contribution >= 4 is 17.6 Å². The van der Waals surface area contributed by atoms with Crippen LogP contribution in [-0.2, 0) is 4.74 Å². The second kappa shape index (κ2) is 11.7. The monoisotopic (exact) mass is 699 g/mol. The summed E-state index contributed by atoms with van der Waals surface area (Å²) >= 11 is 0. The van der Waals surface area contributed by atoms with E-state index in [9.17, 15) is 14.7 Å². The fourth-order valence-electron chi connectivity index (χ4n) is 14.2. The Labute approximate surface area is 308 Å². The van der Waals surface area contributed by atoms with Crippen molar-refractivity contribution < 1.29 is 19.4 Å². The van der Waals surface area contributed by atoms with Gasteiger partial charge in [0.15, 0.2) is 0 Å². The molecule has 0 radical (unpaired) electrons. The van der Waals surface area contributed by atoms with Gasteiger partial charge in [-0.15, -0.1) is 0 Å². The summed E-state index contributed by atoms with van der Waals surface area (Å²) in [6.45, 7) is 25.7. The summed E-state index contributed by atoms with van der Waals surface area (Å²) in [7, 11) is 2.32. The summed E-state index contributed by atoms with van der Waals surface area (Å²) < 4.78 is 5.79. The molecule has 5 saturated carbocycles. The molecule has 1 aromatic rings. The van der Waals surface area contributed by atoms with E-state index in [4.69, 9.17) is 4.74 Å². The Bertz CT molecular complexity index is 1630. The number of carboxylic acid groups (broad SMARTS) is 1. The van der Waals surface area contributed by atoms with Gasteiger partial charge in [-0.1, -0.05) is 65.0 Å². The molecule has 0 spiro atoms. The van der Waals surface area contributed by atoms with Crippen molar-refractivity contribution in [1.82, 2.24) is 10.2 Å². The van der Waals surface area contributed by atoms with Gasteiger partial charge in [-0.3, -0.25) is 4.90 Å². The number of rotatable bonds is 6. The van der Waals surface area contributed by atoms with Crippen LogP contribution < -0.4 is 5.32 Å². The minimum absolute atomic E-state index is 0.00250. The van der Waals surface area contributed by atoms with E-state index in [-0.39, 0.29) is 39.0 Å². The summed E-state index contributed by atoms with van der Waals surface area (Å²) in [5.74, 6) is 2.00. The molecule has 0 aromatic heterocycles. The number of carbonyl (C=O) groups excluding carboxylic acids is 1. The van der Waals surface area contributed by atoms with Crippen molar-refractivity contribution in [2.24, 2.45) is 51.2 Å². The molecule has 0 bridgehead atoms. The molecule has 0 unspecified atom stereocenters. The quantitative estimate of drug-likeness (QED) is 0.228. The number of carbonyl (C=O) groups is 2. The first-order valence-electron chi connectivity index (χ1n) is 20.1. The summed E-state index contributed by atoms with van der Waals surface area (Å²) in [6, 6.07) is 7.59. The molecule has 6 nitrogen and oxygen atoms in total. The van der Waals surface area contributed by atoms with Gasteiger partial charge in [0.2, 0.25) is 0 Å². The Kier molecular flexibility index (Phi) is 8.43. The summed E-state index contributed by atoms with van der Waals surface area (Å²) in [6.07, 6.45) is 15.1. The van der Waals surface area contributed by atoms with Crippen LogP contribution in [0.25, 0.3) is 5.57 Å². The van der Waals surface area contributed by atoms with Gasteiger partial charge in [0.1, 0.15) is 5.60 Å². The number of hydrogen-bond acceptors (Lipinski definition) is 4. The smallest absolute Gasteiger partial charge is 0.409 e. The van der Waals surface area contributed by atoms with Gasteiger partial charge in [-0.05, 0) is 180 Å². The number of nitrogens with zero attached hydrogens (tertiary/aromatic N) is 1. The van der Waals surface area contributed by atoms with Gasteiger partial charge < -0.3 is 15.2 Å². The minimum atomic E-state index is -0.870. The molecule has 51 heavy (non-hydrogen) atoms. The van der Waals surface area contributed by atoms with Gasteiger partial charge in [-0.25, -0.2) is 9.59 Å². The van der Waals surface area contributed by atoms with Gasteiger partial charge >= 0.3 is 12.1 Å². The number of fused-ring (bicyclic) bond motifs is 7. The third-order valence-electron chi connectivity index (χ3n) is 16.8. The highest BCUT2D eigenvalue weighted by molar-refractivity contribution is 5.88. The predicted octanol–water partition coefficient (Wildman–Crippen LogP) is 10.7. The normalized spacial score (nSPS) is 40.5. The van der Waals surface area contributed by atoms with Crippen LogP contribution in [0.5, 0.6) is 0 Å². The number of amides is 1. The largest absolute Gasteiger partial charge is 0.478 e. The Morgan fingerprint density at radius 2 is 1.55 bits per heavy atom. The van der Waals surface area contributed by atoms with Crippen LogP contribution in [-0.4, -0.2) is 45.9 Å². The van der Waals surface area contributed by atoms with Gasteiger partial charge in [0.25, 0.3) is 0 Å². The van der Waals surface area contributed by atoms with E-state index >= 15 is 0 Å². The van der Waals surface area contributed by atoms with E-state index in [1.807, 2.05) is 32.9 Å². The highest BCUT2D eigenvalue weighted by Crippen LogP contribution is 2.77. The minimum Gasteiger partial charge on any atom is -0.478 e. The fourth-order valence-corrected chi connectivity index (χ4v) is 14.2. The molecular formula is C45H66N2O4. The van der Waals surface area contributed by atoms with Crippen LogP contribution in [0.15, 0.2) is 42.5 Å². The Morgan fingerprint density at radius 3 is 2.14 bits per heavy atom. The third kappa shape index (κ3) is 5.33. The molecule has 2 N–H and O–H groups in total. The zero-order valence-corrected chi connectivity index (χ0v) is 33.4. The fraction of sp³-hybridized carbons (Fsp3) is 0.733. The number of allylic oxidation sites excluding steroid dienone is 3. The number of carboxylic acids is 1. The topological polar surface area (TPSA) is 78.9 Å². The first-order valence-corrected chi connectivity index (χ1v) is 20.1. The number of hydrogen-bond donors (Lipinski definition) is 2. The Hall–Kier alpha value is -2.60. The van der Waals surface area contributed by atoms with Crippen LogP contribution in [0.1, 0.15) is 149 Å². The van der Waals surface area contributed by atoms with E-state index in [2.05, 4.69) is 71.5 Å². The van der Waals surface area contributed by atoms with Crippen LogP contribution in [0, 0.1) is 51.2 Å². The summed E-state index contributed by atoms with van der Waals surface area (Å²) in [4.78, 5) is 27.4. The zero-order chi connectivity index (χ0) is 37.2. The van der Waals surface area contributed by atoms with Crippen LogP contribution >= 0.6 is 0 Å². The molecule has 1 aromatic carbocycles. The van der Waals surface area contributed by atoms with Crippen molar-refractivity contribution in [3.05, 3.63) is 53.6 Å². The second-order valence-electron chi connectivity index (χ2n) is 20.4. The number of ether oxygens (including phenoxy) is 1. The molecule has 5 fully saturated rings. The maximum atomic E-state index is 13.2. The predicted molar refractivity (Wildman–Crippen MR) is 205 cm³/mol. The van der Waals surface area contributed by atoms with Gasteiger partial charge in [0, 0.05) is 5.54 Å². The van der Waals surface area contributed by atoms with Crippen LogP contribution in [0.3, 0.4) is 0 Å². The molecule has 0 saturated heterocycles. The zero-order valence-electron chi connectivity index (χ0n) is 33.4. The molecule has 0 heterocycles. The molecule has 6 heteroatoms. The molecular weight excluding hydrogens is 633 g/mol. The van der Waals surface area contributed by atoms with E-state index in [0.29, 0.717) is 35.2 Å². The van der Waals surface area contributed by atoms with E-state index in [0.717, 1.165) is 19.3 Å². The van der Waals surface area contributed by atoms with Gasteiger partial charge in [0.05, 0.1) is 11.2 Å². The highest BCUT2D eigenvalue weighted by Gasteiger charge is 2.72. The lowest BCUT2D eigenvalue weighted by Gasteiger charge is -2.73. The van der Waals surface area contributed by atoms with Crippen molar-refractivity contribution in [2.75, 3.05) is 7.05 Å². The molecule has 9 atom stereocenters. The SMILES string of the molecule is C=C(C)[C@@H]1CC[C@]2(N(C)C3(NC(=O)OC(C)(C)C)CC3)CC[C@]3(C)[C@H](CC[C@@H]4[C@@]5(C)CC=C(c6ccc(C(=O)O)cc6)C(C)(C)[C@@H]5CC[C@]43C)[C@@H]12. The molecule has 1 amide bonds. The lowest BCUT2D eigenvalue weighted by molar-refractivity contribution is -0.229. The Morgan fingerprint density at radius 1 is 0.882 bits per heavy atom. The lowest BCUT2D eigenvalue weighted by atomic mass is 9.33.